The minimum Gasteiger partial charge on any atom is -0.199 e. The molecule has 8 aromatic heterocycles. The second kappa shape index (κ2) is 17.7. The third kappa shape index (κ3) is 5.30. The van der Waals surface area contributed by atoms with Gasteiger partial charge in [-0.25, -0.2) is 0 Å². The molecule has 16 nitrogen and oxygen atoms in total. The molecule has 4 unspecified atom stereocenters. The SMILES string of the molecule is C=CC1=c2ccc3n2C24n5c(ccc5C(/C=C\C5=C6C=CC7=[N+]6C68n9c(ccc95)C(C)=C5C=CC(=[N+]56)C(C)=c5ccc(n58)=C7C)=C5C=CC(=[N+]52)C=3C)C(C)=C2C=CC1=[N+]24.CC1=C2C=CC3=[N+]2C24n5c1ccc5C1=C5C=CC(=[N+]52)C(C)=c2ccc(n24)=C3C=CC2=c3ccc4n3C35n6c(ccc6C(=C6C=CC(=[N+]63)C=4C)C=C1)C(C)=C1C=CC2=[N+]15. The van der Waals surface area contributed by atoms with Crippen LogP contribution in [0.25, 0.3) is 89.2 Å². The molecule has 0 aromatic carbocycles. The Labute approximate surface area is 667 Å². The standard InChI is InChI=1S/C51H36N8.C50H32N8/c1-7-31-44-20-14-38-29(5)42-18-24-48-33(49-25-19-43-30(6)39-15-21-45(31)55(39)51(54(38)44,58(42)48)59(43)49)9-8-32-46-22-16-40-27(3)36-12-10-34-26(2)35-11-13-37-28(4)41-17-23-47(32)57(41)50(52(34)36,53(35)37)56(40)46;1-25-33-9-17-41-29-5-7-31-45-21-13-37-27(3)38-14-22-46-32(48-24-16-40-28(4)39-15-23-47(31)57(39)50(55(37)45,56(38)46)58(40)48)8-6-30-42-18-10-34(25)52(42)49(51(33)41)53-35(11-19-43(29)53)26(2)36-12-20-44(30)54(36)49/h7-25H,1H2,2-6H3;5-24H,1-4H3/q2*+4. The van der Waals surface area contributed by atoms with Crippen LogP contribution in [0.15, 0.2) is 289 Å². The summed E-state index contributed by atoms with van der Waals surface area (Å²) in [6, 6.07) is 37.6. The maximum absolute atomic E-state index is 4.33. The van der Waals surface area contributed by atoms with Gasteiger partial charge in [-0.05, 0) is 196 Å². The molecule has 4 spiro atoms. The molecule has 544 valence electrons. The molecule has 8 bridgehead atoms. The monoisotopic (exact) mass is 1500 g/mol. The van der Waals surface area contributed by atoms with Gasteiger partial charge < -0.3 is 0 Å². The molecule has 26 aliphatic heterocycles. The fourth-order valence-electron chi connectivity index (χ4n) is 26.6. The van der Waals surface area contributed by atoms with Crippen molar-refractivity contribution >= 4 is 135 Å². The highest BCUT2D eigenvalue weighted by Crippen LogP contribution is 2.58. The van der Waals surface area contributed by atoms with E-state index in [4.69, 9.17) is 0 Å². The minimum absolute atomic E-state index is 0.645. The Morgan fingerprint density at radius 3 is 0.829 bits per heavy atom. The number of hydrogen-bond donors (Lipinski definition) is 0. The first-order chi connectivity index (χ1) is 57.3. The topological polar surface area (TPSA) is 63.5 Å². The Balaban J connectivity index is 0.000000113. The van der Waals surface area contributed by atoms with Crippen molar-refractivity contribution < 1.29 is 36.6 Å². The van der Waals surface area contributed by atoms with Crippen LogP contribution < -0.4 is 42.8 Å². The van der Waals surface area contributed by atoms with Crippen LogP contribution in [0.4, 0.5) is 0 Å². The smallest absolute Gasteiger partial charge is 0.199 e. The summed E-state index contributed by atoms with van der Waals surface area (Å²) in [6.45, 7) is 25.0. The molecule has 16 heteroatoms. The highest BCUT2D eigenvalue weighted by atomic mass is 15.7. The van der Waals surface area contributed by atoms with Gasteiger partial charge in [0, 0.05) is 147 Å². The normalized spacial score (nSPS) is 27.0. The summed E-state index contributed by atoms with van der Waals surface area (Å²) in [5, 5.41) is 9.96. The summed E-state index contributed by atoms with van der Waals surface area (Å²) in [6.07, 6.45) is 54.2. The van der Waals surface area contributed by atoms with Gasteiger partial charge in [-0.1, -0.05) is 49.3 Å². The molecule has 26 aliphatic rings. The highest BCUT2D eigenvalue weighted by molar-refractivity contribution is 6.32. The van der Waals surface area contributed by atoms with Crippen LogP contribution in [0.1, 0.15) is 108 Å². The zero-order valence-electron chi connectivity index (χ0n) is 65.4. The summed E-state index contributed by atoms with van der Waals surface area (Å²) >= 11 is 0. The number of rotatable bonds is 3. The van der Waals surface area contributed by atoms with E-state index >= 15 is 0 Å². The number of aromatic nitrogens is 8. The van der Waals surface area contributed by atoms with E-state index in [2.05, 4.69) is 373 Å². The number of hydrogen-bond acceptors (Lipinski definition) is 0. The average molecular weight is 1510 g/mol. The van der Waals surface area contributed by atoms with Gasteiger partial charge in [0.05, 0.1) is 127 Å². The van der Waals surface area contributed by atoms with Crippen LogP contribution in [0.5, 0.6) is 0 Å². The lowest BCUT2D eigenvalue weighted by Crippen LogP contribution is -2.71. The van der Waals surface area contributed by atoms with E-state index in [1.54, 1.807) is 0 Å². The van der Waals surface area contributed by atoms with E-state index in [0.29, 0.717) is 0 Å². The summed E-state index contributed by atoms with van der Waals surface area (Å²) in [4.78, 5) is 0. The van der Waals surface area contributed by atoms with Gasteiger partial charge in [0.1, 0.15) is 0 Å². The lowest BCUT2D eigenvalue weighted by molar-refractivity contribution is -0.835. The molecule has 34 heterocycles. The van der Waals surface area contributed by atoms with Crippen molar-refractivity contribution in [1.29, 1.82) is 0 Å². The van der Waals surface area contributed by atoms with Crippen molar-refractivity contribution in [2.75, 3.05) is 0 Å². The predicted octanol–water partition coefficient (Wildman–Crippen LogP) is 8.00. The van der Waals surface area contributed by atoms with Crippen molar-refractivity contribution in [2.24, 2.45) is 0 Å². The average Bonchev–Trinajstić information content (AvgIpc) is 1.52. The number of allylic oxidation sites excluding steroid dienone is 31. The van der Waals surface area contributed by atoms with Crippen molar-refractivity contribution in [1.82, 2.24) is 36.5 Å². The van der Waals surface area contributed by atoms with Gasteiger partial charge in [0.25, 0.3) is 0 Å². The Hall–Kier alpha value is -14.6. The van der Waals surface area contributed by atoms with Gasteiger partial charge in [-0.15, -0.1) is 0 Å². The van der Waals surface area contributed by atoms with Crippen molar-refractivity contribution in [3.05, 3.63) is 377 Å². The first kappa shape index (κ1) is 59.1. The quantitative estimate of drug-likeness (QED) is 0.161. The van der Waals surface area contributed by atoms with E-state index in [-0.39, 0.29) is 0 Å². The Morgan fingerprint density at radius 2 is 0.453 bits per heavy atom. The molecule has 117 heavy (non-hydrogen) atoms. The van der Waals surface area contributed by atoms with E-state index < -0.39 is 23.6 Å². The van der Waals surface area contributed by atoms with Crippen molar-refractivity contribution in [2.45, 2.75) is 86.0 Å². The molecule has 0 N–H and O–H groups in total. The Morgan fingerprint density at radius 1 is 0.205 bits per heavy atom. The summed E-state index contributed by atoms with van der Waals surface area (Å²) in [5.41, 5.74) is 49.9. The van der Waals surface area contributed by atoms with Crippen LogP contribution in [0.2, 0.25) is 0 Å². The van der Waals surface area contributed by atoms with Crippen LogP contribution in [0.3, 0.4) is 0 Å². The Bertz CT molecular complexity index is 8530. The van der Waals surface area contributed by atoms with E-state index in [1.165, 1.54) is 269 Å². The molecule has 0 amide bonds. The fraction of sp³-hybridized carbons (Fsp3) is 0.129. The lowest BCUT2D eigenvalue weighted by atomic mass is 9.97. The zero-order chi connectivity index (χ0) is 76.5. The van der Waals surface area contributed by atoms with Gasteiger partial charge in [0.15, 0.2) is 0 Å². The molecule has 4 atom stereocenters. The second-order valence-corrected chi connectivity index (χ2v) is 35.2. The highest BCUT2D eigenvalue weighted by Gasteiger charge is 2.78. The summed E-state index contributed by atoms with van der Waals surface area (Å²) in [5.74, 6) is -2.72. The predicted molar refractivity (Wildman–Crippen MR) is 453 cm³/mol. The molecule has 0 radical (unpaired) electrons. The maximum Gasteiger partial charge on any atom is 0.553 e. The van der Waals surface area contributed by atoms with Crippen molar-refractivity contribution in [3.63, 3.8) is 0 Å². The maximum atomic E-state index is 4.33. The summed E-state index contributed by atoms with van der Waals surface area (Å²) in [7, 11) is 0. The molecule has 34 rings (SSSR count). The first-order valence-corrected chi connectivity index (χ1v) is 41.2. The number of nitrogens with zero attached hydrogens (tertiary/aromatic N) is 16. The zero-order valence-corrected chi connectivity index (χ0v) is 65.4. The molecule has 0 saturated heterocycles. The van der Waals surface area contributed by atoms with E-state index in [1.807, 2.05) is 6.08 Å². The molecular weight excluding hydrogens is 1440 g/mol. The van der Waals surface area contributed by atoms with Crippen LogP contribution in [0, 0.1) is 0 Å². The first-order valence-electron chi connectivity index (χ1n) is 41.2. The fourth-order valence-corrected chi connectivity index (χ4v) is 26.6. The molecule has 0 saturated carbocycles. The molecule has 0 aliphatic carbocycles. The minimum atomic E-state index is -0.692. The Kier molecular flexibility index (Phi) is 8.93. The van der Waals surface area contributed by atoms with Crippen LogP contribution in [-0.2, 0) is 23.6 Å². The lowest BCUT2D eigenvalue weighted by Gasteiger charge is -2.41. The molecule has 0 fully saturated rings. The third-order valence-electron chi connectivity index (χ3n) is 31.1. The van der Waals surface area contributed by atoms with Gasteiger partial charge in [-0.2, -0.15) is 36.5 Å². The molecular formula is C101H68N16+8. The van der Waals surface area contributed by atoms with Crippen LogP contribution in [-0.4, -0.2) is 119 Å². The van der Waals surface area contributed by atoms with E-state index in [9.17, 15) is 0 Å². The van der Waals surface area contributed by atoms with Gasteiger partial charge in [-0.3, -0.25) is 0 Å². The summed E-state index contributed by atoms with van der Waals surface area (Å²) < 4.78 is 42.1. The van der Waals surface area contributed by atoms with Gasteiger partial charge in [0.2, 0.25) is 91.3 Å². The largest absolute Gasteiger partial charge is 0.553 e. The van der Waals surface area contributed by atoms with Crippen LogP contribution >= 0.6 is 0 Å². The van der Waals surface area contributed by atoms with E-state index in [0.717, 1.165) is 0 Å². The molecule has 8 aromatic rings. The second-order valence-electron chi connectivity index (χ2n) is 35.2. The van der Waals surface area contributed by atoms with Gasteiger partial charge >= 0.3 is 23.6 Å². The van der Waals surface area contributed by atoms with Crippen molar-refractivity contribution in [3.8, 4) is 0 Å². The third-order valence-corrected chi connectivity index (χ3v) is 31.1.